The Hall–Kier alpha value is 0. The van der Waals surface area contributed by atoms with Crippen molar-refractivity contribution in [1.82, 2.24) is 0 Å². The van der Waals surface area contributed by atoms with E-state index < -0.39 is 6.37 Å². The normalized spacial score (nSPS) is 20.6. The Morgan fingerprint density at radius 3 is 1.55 bits per heavy atom. The van der Waals surface area contributed by atoms with Gasteiger partial charge in [-0.2, -0.15) is 0 Å². The van der Waals surface area contributed by atoms with Gasteiger partial charge in [0.05, 0.1) is 0 Å². The molecule has 0 heterocycles. The zero-order chi connectivity index (χ0) is 11.1. The summed E-state index contributed by atoms with van der Waals surface area (Å²) in [5.74, 6) is 0.0556. The summed E-state index contributed by atoms with van der Waals surface area (Å²) in [6.07, 6.45) is -1.12. The number of hydrogen-bond donors (Lipinski definition) is 0. The van der Waals surface area contributed by atoms with E-state index in [0.717, 1.165) is 0 Å². The first kappa shape index (κ1) is 7.64. The molecule has 0 saturated carbocycles. The van der Waals surface area contributed by atoms with Crippen molar-refractivity contribution in [1.29, 1.82) is 0 Å². The van der Waals surface area contributed by atoms with Gasteiger partial charge >= 0.3 is 0 Å². The molecule has 0 aliphatic heterocycles. The van der Waals surface area contributed by atoms with Crippen LogP contribution in [0.25, 0.3) is 0 Å². The van der Waals surface area contributed by atoms with Crippen LogP contribution in [0.1, 0.15) is 57.6 Å². The molecule has 0 aromatic heterocycles. The molecule has 11 heavy (non-hydrogen) atoms. The van der Waals surface area contributed by atoms with E-state index in [2.05, 4.69) is 20.8 Å². The predicted molar refractivity (Wildman–Crippen MR) is 52.7 cm³/mol. The molecule has 0 N–H and O–H groups in total. The zero-order valence-electron chi connectivity index (χ0n) is 11.1. The number of hydrogen-bond acceptors (Lipinski definition) is 0. The summed E-state index contributed by atoms with van der Waals surface area (Å²) in [6, 6.07) is 0. The van der Waals surface area contributed by atoms with Gasteiger partial charge in [0, 0.05) is 2.74 Å². The first-order valence-electron chi connectivity index (χ1n) is 5.40. The second-order valence-electron chi connectivity index (χ2n) is 5.48. The fourth-order valence-electron chi connectivity index (χ4n) is 0.866. The van der Waals surface area contributed by atoms with Crippen LogP contribution in [-0.2, 0) is 0 Å². The highest BCUT2D eigenvalue weighted by Gasteiger charge is 2.24. The van der Waals surface area contributed by atoms with Crippen molar-refractivity contribution >= 4 is 0 Å². The molecule has 0 saturated heterocycles. The van der Waals surface area contributed by atoms with Crippen LogP contribution in [0.3, 0.4) is 0 Å². The van der Waals surface area contributed by atoms with Crippen LogP contribution in [-0.4, -0.2) is 0 Å². The van der Waals surface area contributed by atoms with Crippen molar-refractivity contribution in [3.05, 3.63) is 0 Å². The fourth-order valence-corrected chi connectivity index (χ4v) is 0.866. The average Bonchev–Trinajstić information content (AvgIpc) is 1.81. The zero-order valence-corrected chi connectivity index (χ0v) is 9.08. The number of rotatable bonds is 1. The Morgan fingerprint density at radius 1 is 1.09 bits per heavy atom. The summed E-state index contributed by atoms with van der Waals surface area (Å²) in [6.45, 7) is 14.2. The van der Waals surface area contributed by atoms with Gasteiger partial charge in [0.15, 0.2) is 0 Å². The summed E-state index contributed by atoms with van der Waals surface area (Å²) in [5.41, 5.74) is -0.267. The van der Waals surface area contributed by atoms with Crippen LogP contribution in [0.5, 0.6) is 0 Å². The minimum absolute atomic E-state index is 0.0246. The van der Waals surface area contributed by atoms with E-state index in [-0.39, 0.29) is 16.7 Å². The van der Waals surface area contributed by atoms with E-state index in [4.69, 9.17) is 2.74 Å². The molecule has 0 nitrogen and oxygen atoms in total. The van der Waals surface area contributed by atoms with Crippen molar-refractivity contribution in [3.8, 4) is 0 Å². The second kappa shape index (κ2) is 3.16. The smallest absolute Gasteiger partial charge is 0.0275 e. The van der Waals surface area contributed by atoms with E-state index in [0.29, 0.717) is 0 Å². The van der Waals surface area contributed by atoms with Crippen molar-refractivity contribution in [2.24, 2.45) is 16.7 Å². The third-order valence-electron chi connectivity index (χ3n) is 1.95. The van der Waals surface area contributed by atoms with Gasteiger partial charge in [-0.3, -0.25) is 0 Å². The quantitative estimate of drug-likeness (QED) is 0.539. The van der Waals surface area contributed by atoms with Crippen LogP contribution in [0.2, 0.25) is 0 Å². The lowest BCUT2D eigenvalue weighted by atomic mass is 9.73. The van der Waals surface area contributed by atoms with Crippen molar-refractivity contribution in [3.63, 3.8) is 0 Å². The molecule has 0 aliphatic carbocycles. The van der Waals surface area contributed by atoms with Crippen LogP contribution in [0.15, 0.2) is 0 Å². The summed E-state index contributed by atoms with van der Waals surface area (Å²) in [7, 11) is 0. The van der Waals surface area contributed by atoms with Crippen molar-refractivity contribution in [2.45, 2.75) is 54.8 Å². The molecule has 0 aromatic carbocycles. The molecule has 0 aliphatic rings. The van der Waals surface area contributed by atoms with Crippen molar-refractivity contribution < 1.29 is 2.74 Å². The Balaban J connectivity index is 4.86. The lowest BCUT2D eigenvalue weighted by Gasteiger charge is -2.32. The van der Waals surface area contributed by atoms with E-state index >= 15 is 0 Å². The molecule has 1 unspecified atom stereocenters. The Labute approximate surface area is 75.2 Å². The first-order valence-corrected chi connectivity index (χ1v) is 4.40. The van der Waals surface area contributed by atoms with Gasteiger partial charge < -0.3 is 0 Å². The molecule has 1 atom stereocenters. The van der Waals surface area contributed by atoms with Gasteiger partial charge in [-0.05, 0) is 23.1 Å². The molecule has 0 bridgehead atoms. The van der Waals surface area contributed by atoms with E-state index in [1.54, 1.807) is 0 Å². The third-order valence-corrected chi connectivity index (χ3v) is 1.95. The summed E-state index contributed by atoms with van der Waals surface area (Å²) >= 11 is 0. The highest BCUT2D eigenvalue weighted by atomic mass is 14.3. The standard InChI is InChI=1S/C11H24/c1-9(11(5,6)7)8-10(2,3)4/h9H,8H2,1-7H3/i8D2. The molecule has 0 rings (SSSR count). The minimum Gasteiger partial charge on any atom is -0.0620 e. The topological polar surface area (TPSA) is 0 Å². The molecule has 0 aromatic rings. The Morgan fingerprint density at radius 2 is 1.45 bits per heavy atom. The molecule has 0 amide bonds. The minimum atomic E-state index is -1.12. The summed E-state index contributed by atoms with van der Waals surface area (Å²) < 4.78 is 16.2. The molecule has 0 radical (unpaired) electrons. The summed E-state index contributed by atoms with van der Waals surface area (Å²) in [4.78, 5) is 0. The highest BCUT2D eigenvalue weighted by molar-refractivity contribution is 4.75. The SMILES string of the molecule is [2H]C([2H])(C(C)C(C)(C)C)C(C)(C)C. The van der Waals surface area contributed by atoms with Gasteiger partial charge in [-0.1, -0.05) is 48.5 Å². The van der Waals surface area contributed by atoms with Gasteiger partial charge in [0.1, 0.15) is 0 Å². The van der Waals surface area contributed by atoms with Gasteiger partial charge in [-0.25, -0.2) is 0 Å². The Bertz CT molecular complexity index is 170. The fraction of sp³-hybridized carbons (Fsp3) is 1.00. The maximum absolute atomic E-state index is 8.11. The van der Waals surface area contributed by atoms with Crippen LogP contribution in [0, 0.1) is 16.7 Å². The maximum atomic E-state index is 8.11. The summed E-state index contributed by atoms with van der Waals surface area (Å²) in [5, 5.41) is 0. The molecular formula is C11H24. The largest absolute Gasteiger partial charge is 0.0620 e. The third kappa shape index (κ3) is 5.29. The van der Waals surface area contributed by atoms with Gasteiger partial charge in [-0.15, -0.1) is 0 Å². The molecular weight excluding hydrogens is 132 g/mol. The van der Waals surface area contributed by atoms with Crippen LogP contribution in [0.4, 0.5) is 0 Å². The lowest BCUT2D eigenvalue weighted by molar-refractivity contribution is 0.182. The molecule has 0 spiro atoms. The van der Waals surface area contributed by atoms with Crippen molar-refractivity contribution in [2.75, 3.05) is 0 Å². The lowest BCUT2D eigenvalue weighted by Crippen LogP contribution is -2.22. The highest BCUT2D eigenvalue weighted by Crippen LogP contribution is 2.35. The monoisotopic (exact) mass is 158 g/mol. The van der Waals surface area contributed by atoms with E-state index in [1.807, 2.05) is 27.7 Å². The maximum Gasteiger partial charge on any atom is 0.0275 e. The predicted octanol–water partition coefficient (Wildman–Crippen LogP) is 4.10. The molecule has 68 valence electrons. The molecule has 0 heteroatoms. The first-order chi connectivity index (χ1) is 5.40. The van der Waals surface area contributed by atoms with E-state index in [9.17, 15) is 0 Å². The van der Waals surface area contributed by atoms with Gasteiger partial charge in [0.25, 0.3) is 0 Å². The second-order valence-corrected chi connectivity index (χ2v) is 5.48. The van der Waals surface area contributed by atoms with Crippen LogP contribution < -0.4 is 0 Å². The average molecular weight is 158 g/mol. The van der Waals surface area contributed by atoms with Crippen LogP contribution >= 0.6 is 0 Å². The van der Waals surface area contributed by atoms with E-state index in [1.165, 1.54) is 0 Å². The Kier molecular flexibility index (Phi) is 2.20. The van der Waals surface area contributed by atoms with Gasteiger partial charge in [0.2, 0.25) is 0 Å². The molecule has 0 fully saturated rings.